The first-order valence-corrected chi connectivity index (χ1v) is 4.10. The highest BCUT2D eigenvalue weighted by atomic mass is 35.5. The van der Waals surface area contributed by atoms with Crippen molar-refractivity contribution in [2.24, 2.45) is 11.8 Å². The van der Waals surface area contributed by atoms with Crippen molar-refractivity contribution >= 4 is 17.5 Å². The van der Waals surface area contributed by atoms with Gasteiger partial charge in [0, 0.05) is 6.54 Å². The molecule has 0 aromatic heterocycles. The van der Waals surface area contributed by atoms with Crippen LogP contribution in [0.3, 0.4) is 0 Å². The van der Waals surface area contributed by atoms with Crippen LogP contribution >= 0.6 is 11.6 Å². The van der Waals surface area contributed by atoms with Gasteiger partial charge in [0.2, 0.25) is 5.91 Å². The number of carbonyl (C=O) groups excluding carboxylic acids is 1. The summed E-state index contributed by atoms with van der Waals surface area (Å²) in [6, 6.07) is 0. The second-order valence-electron chi connectivity index (χ2n) is 2.91. The molecule has 3 heteroatoms. The van der Waals surface area contributed by atoms with E-state index in [0.717, 1.165) is 12.5 Å². The van der Waals surface area contributed by atoms with Gasteiger partial charge < -0.3 is 5.32 Å². The lowest BCUT2D eigenvalue weighted by atomic mass is 10.3. The molecule has 0 bridgehead atoms. The number of nitrogens with one attached hydrogen (secondary N) is 1. The highest BCUT2D eigenvalue weighted by Gasteiger charge is 2.32. The van der Waals surface area contributed by atoms with Gasteiger partial charge in [0.15, 0.2) is 0 Å². The summed E-state index contributed by atoms with van der Waals surface area (Å²) in [4.78, 5) is 10.6. The highest BCUT2D eigenvalue weighted by Crippen LogP contribution is 2.36. The van der Waals surface area contributed by atoms with Gasteiger partial charge in [-0.05, 0) is 18.3 Å². The second kappa shape index (κ2) is 3.24. The van der Waals surface area contributed by atoms with Crippen LogP contribution in [0.25, 0.3) is 0 Å². The minimum absolute atomic E-state index is 0.0548. The Morgan fingerprint density at radius 3 is 2.80 bits per heavy atom. The molecule has 1 fully saturated rings. The predicted octanol–water partition coefficient (Wildman–Crippen LogP) is 0.997. The van der Waals surface area contributed by atoms with Crippen LogP contribution in [0.4, 0.5) is 0 Å². The Morgan fingerprint density at radius 2 is 2.40 bits per heavy atom. The van der Waals surface area contributed by atoms with E-state index in [9.17, 15) is 4.79 Å². The van der Waals surface area contributed by atoms with Crippen molar-refractivity contribution in [2.45, 2.75) is 13.3 Å². The molecule has 1 aliphatic rings. The van der Waals surface area contributed by atoms with Crippen molar-refractivity contribution in [2.75, 3.05) is 12.4 Å². The summed E-state index contributed by atoms with van der Waals surface area (Å²) in [6.07, 6.45) is 1.25. The molecular weight excluding hydrogens is 150 g/mol. The fourth-order valence-electron chi connectivity index (χ4n) is 0.976. The Morgan fingerprint density at radius 1 is 1.80 bits per heavy atom. The largest absolute Gasteiger partial charge is 0.355 e. The topological polar surface area (TPSA) is 29.1 Å². The smallest absolute Gasteiger partial charge is 0.234 e. The van der Waals surface area contributed by atoms with Crippen molar-refractivity contribution < 1.29 is 4.79 Å². The number of amides is 1. The SMILES string of the molecule is CC1CC1CNC(=O)CCl. The maximum Gasteiger partial charge on any atom is 0.234 e. The van der Waals surface area contributed by atoms with E-state index >= 15 is 0 Å². The van der Waals surface area contributed by atoms with Gasteiger partial charge in [-0.25, -0.2) is 0 Å². The molecule has 1 saturated carbocycles. The standard InChI is InChI=1S/C7H12ClNO/c1-5-2-6(5)4-9-7(10)3-8/h5-6H,2-4H2,1H3,(H,9,10). The molecule has 0 radical (unpaired) electrons. The average Bonchev–Trinajstić information content (AvgIpc) is 2.61. The Hall–Kier alpha value is -0.240. The summed E-state index contributed by atoms with van der Waals surface area (Å²) in [5.41, 5.74) is 0. The van der Waals surface area contributed by atoms with Crippen molar-refractivity contribution in [1.29, 1.82) is 0 Å². The lowest BCUT2D eigenvalue weighted by Crippen LogP contribution is -2.26. The minimum Gasteiger partial charge on any atom is -0.355 e. The summed E-state index contributed by atoms with van der Waals surface area (Å²) < 4.78 is 0. The van der Waals surface area contributed by atoms with E-state index in [-0.39, 0.29) is 11.8 Å². The zero-order valence-electron chi connectivity index (χ0n) is 6.06. The Labute approximate surface area is 65.9 Å². The van der Waals surface area contributed by atoms with E-state index in [2.05, 4.69) is 12.2 Å². The minimum atomic E-state index is -0.0548. The van der Waals surface area contributed by atoms with E-state index in [0.29, 0.717) is 5.92 Å². The molecule has 1 N–H and O–H groups in total. The fourth-order valence-corrected chi connectivity index (χ4v) is 1.07. The molecule has 0 heterocycles. The van der Waals surface area contributed by atoms with Crippen LogP contribution < -0.4 is 5.32 Å². The van der Waals surface area contributed by atoms with Crippen molar-refractivity contribution in [3.05, 3.63) is 0 Å². The summed E-state index contributed by atoms with van der Waals surface area (Å²) >= 11 is 5.28. The van der Waals surface area contributed by atoms with Crippen LogP contribution in [0.15, 0.2) is 0 Å². The third-order valence-electron chi connectivity index (χ3n) is 1.96. The first-order valence-electron chi connectivity index (χ1n) is 3.56. The van der Waals surface area contributed by atoms with Crippen LogP contribution in [0.1, 0.15) is 13.3 Å². The van der Waals surface area contributed by atoms with Gasteiger partial charge in [-0.1, -0.05) is 6.92 Å². The third-order valence-corrected chi connectivity index (χ3v) is 2.20. The number of hydrogen-bond donors (Lipinski definition) is 1. The molecule has 0 aromatic rings. The Kier molecular flexibility index (Phi) is 2.55. The molecule has 1 amide bonds. The molecule has 1 aliphatic carbocycles. The van der Waals surface area contributed by atoms with E-state index in [4.69, 9.17) is 11.6 Å². The first kappa shape index (κ1) is 7.86. The molecule has 2 nitrogen and oxygen atoms in total. The second-order valence-corrected chi connectivity index (χ2v) is 3.18. The average molecular weight is 162 g/mol. The quantitative estimate of drug-likeness (QED) is 0.615. The Bertz CT molecular complexity index is 138. The van der Waals surface area contributed by atoms with Crippen molar-refractivity contribution in [3.63, 3.8) is 0 Å². The van der Waals surface area contributed by atoms with E-state index in [1.54, 1.807) is 0 Å². The van der Waals surface area contributed by atoms with Crippen LogP contribution in [0.2, 0.25) is 0 Å². The summed E-state index contributed by atoms with van der Waals surface area (Å²) in [7, 11) is 0. The molecule has 1 rings (SSSR count). The summed E-state index contributed by atoms with van der Waals surface area (Å²) in [6.45, 7) is 3.00. The molecule has 0 aliphatic heterocycles. The van der Waals surface area contributed by atoms with E-state index in [1.807, 2.05) is 0 Å². The van der Waals surface area contributed by atoms with Crippen LogP contribution in [-0.4, -0.2) is 18.3 Å². The highest BCUT2D eigenvalue weighted by molar-refractivity contribution is 6.27. The molecule has 0 spiro atoms. The van der Waals surface area contributed by atoms with Crippen LogP contribution in [-0.2, 0) is 4.79 Å². The zero-order valence-corrected chi connectivity index (χ0v) is 6.82. The van der Waals surface area contributed by atoms with E-state index in [1.165, 1.54) is 6.42 Å². The lowest BCUT2D eigenvalue weighted by molar-refractivity contribution is -0.118. The molecule has 10 heavy (non-hydrogen) atoms. The lowest BCUT2D eigenvalue weighted by Gasteiger charge is -1.99. The maximum absolute atomic E-state index is 10.6. The number of carbonyl (C=O) groups is 1. The van der Waals surface area contributed by atoms with Gasteiger partial charge in [0.05, 0.1) is 0 Å². The monoisotopic (exact) mass is 161 g/mol. The number of halogens is 1. The van der Waals surface area contributed by atoms with Gasteiger partial charge in [-0.3, -0.25) is 4.79 Å². The predicted molar refractivity (Wildman–Crippen MR) is 41.0 cm³/mol. The van der Waals surface area contributed by atoms with E-state index < -0.39 is 0 Å². The molecule has 58 valence electrons. The van der Waals surface area contributed by atoms with Crippen LogP contribution in [0.5, 0.6) is 0 Å². The van der Waals surface area contributed by atoms with Gasteiger partial charge >= 0.3 is 0 Å². The van der Waals surface area contributed by atoms with Gasteiger partial charge in [-0.2, -0.15) is 0 Å². The maximum atomic E-state index is 10.6. The molecule has 2 atom stereocenters. The fraction of sp³-hybridized carbons (Fsp3) is 0.857. The van der Waals surface area contributed by atoms with Gasteiger partial charge in [-0.15, -0.1) is 11.6 Å². The van der Waals surface area contributed by atoms with Gasteiger partial charge in [0.1, 0.15) is 5.88 Å². The Balaban J connectivity index is 2.00. The van der Waals surface area contributed by atoms with Crippen molar-refractivity contribution in [3.8, 4) is 0 Å². The number of rotatable bonds is 3. The molecule has 0 aromatic carbocycles. The van der Waals surface area contributed by atoms with Crippen molar-refractivity contribution in [1.82, 2.24) is 5.32 Å². The molecular formula is C7H12ClNO. The normalized spacial score (nSPS) is 29.8. The van der Waals surface area contributed by atoms with Gasteiger partial charge in [0.25, 0.3) is 0 Å². The first-order chi connectivity index (χ1) is 4.74. The molecule has 2 unspecified atom stereocenters. The summed E-state index contributed by atoms with van der Waals surface area (Å²) in [5.74, 6) is 1.55. The molecule has 0 saturated heterocycles. The number of hydrogen-bond acceptors (Lipinski definition) is 1. The summed E-state index contributed by atoms with van der Waals surface area (Å²) in [5, 5.41) is 2.75. The van der Waals surface area contributed by atoms with Crippen LogP contribution in [0, 0.1) is 11.8 Å². The zero-order chi connectivity index (χ0) is 7.56. The number of alkyl halides is 1. The third kappa shape index (κ3) is 2.18.